The van der Waals surface area contributed by atoms with Crippen molar-refractivity contribution in [3.05, 3.63) is 11.4 Å². The van der Waals surface area contributed by atoms with E-state index in [9.17, 15) is 0 Å². The molecule has 1 aromatic heterocycles. The number of hydrogen-bond acceptors (Lipinski definition) is 5. The highest BCUT2D eigenvalue weighted by atomic mass is 16.3. The first-order valence-electron chi connectivity index (χ1n) is 6.40. The van der Waals surface area contributed by atoms with E-state index in [4.69, 9.17) is 5.11 Å². The third-order valence-corrected chi connectivity index (χ3v) is 3.06. The van der Waals surface area contributed by atoms with E-state index in [1.165, 1.54) is 0 Å². The highest BCUT2D eigenvalue weighted by molar-refractivity contribution is 5.57. The standard InChI is InChI=1S/C13H24N4O/c1-8(2)11(6-7-18)17-13-9(3)12(14-5)15-10(4)16-13/h8,11,18H,6-7H2,1-5H3,(H2,14,15,16,17). The average molecular weight is 252 g/mol. The molecule has 0 bridgehead atoms. The Morgan fingerprint density at radius 2 is 1.78 bits per heavy atom. The molecule has 0 spiro atoms. The van der Waals surface area contributed by atoms with Crippen LogP contribution in [-0.4, -0.2) is 34.8 Å². The van der Waals surface area contributed by atoms with Crippen LogP contribution in [0.5, 0.6) is 0 Å². The largest absolute Gasteiger partial charge is 0.396 e. The number of nitrogens with zero attached hydrogens (tertiary/aromatic N) is 2. The molecule has 0 amide bonds. The molecule has 0 aliphatic heterocycles. The molecule has 5 heteroatoms. The summed E-state index contributed by atoms with van der Waals surface area (Å²) in [5.74, 6) is 2.86. The summed E-state index contributed by atoms with van der Waals surface area (Å²) >= 11 is 0. The van der Waals surface area contributed by atoms with Gasteiger partial charge in [-0.3, -0.25) is 0 Å². The molecule has 3 N–H and O–H groups in total. The fourth-order valence-electron chi connectivity index (χ4n) is 1.90. The van der Waals surface area contributed by atoms with Crippen LogP contribution in [0.2, 0.25) is 0 Å². The maximum absolute atomic E-state index is 9.10. The summed E-state index contributed by atoms with van der Waals surface area (Å²) in [5.41, 5.74) is 1.01. The molecule has 0 radical (unpaired) electrons. The number of aliphatic hydroxyl groups is 1. The summed E-state index contributed by atoms with van der Waals surface area (Å²) in [5, 5.41) is 15.6. The van der Waals surface area contributed by atoms with Gasteiger partial charge in [0.05, 0.1) is 0 Å². The van der Waals surface area contributed by atoms with Crippen molar-refractivity contribution < 1.29 is 5.11 Å². The lowest BCUT2D eigenvalue weighted by Gasteiger charge is -2.23. The van der Waals surface area contributed by atoms with E-state index in [1.807, 2.05) is 20.9 Å². The predicted octanol–water partition coefficient (Wildman–Crippen LogP) is 1.95. The van der Waals surface area contributed by atoms with Crippen molar-refractivity contribution in [1.82, 2.24) is 9.97 Å². The van der Waals surface area contributed by atoms with Gasteiger partial charge in [-0.1, -0.05) is 13.8 Å². The molecule has 18 heavy (non-hydrogen) atoms. The van der Waals surface area contributed by atoms with Gasteiger partial charge in [-0.2, -0.15) is 0 Å². The minimum atomic E-state index is 0.178. The zero-order valence-electron chi connectivity index (χ0n) is 11.9. The van der Waals surface area contributed by atoms with E-state index in [0.29, 0.717) is 5.92 Å². The van der Waals surface area contributed by atoms with Crippen molar-refractivity contribution in [2.45, 2.75) is 40.2 Å². The number of hydrogen-bond donors (Lipinski definition) is 3. The Labute approximate surface area is 109 Å². The van der Waals surface area contributed by atoms with Gasteiger partial charge in [-0.15, -0.1) is 0 Å². The molecule has 102 valence electrons. The van der Waals surface area contributed by atoms with Crippen molar-refractivity contribution in [2.24, 2.45) is 5.92 Å². The maximum atomic E-state index is 9.10. The SMILES string of the molecule is CNc1nc(C)nc(NC(CCO)C(C)C)c1C. The van der Waals surface area contributed by atoms with E-state index < -0.39 is 0 Å². The molecule has 5 nitrogen and oxygen atoms in total. The third kappa shape index (κ3) is 3.57. The molecule has 1 atom stereocenters. The summed E-state index contributed by atoms with van der Waals surface area (Å²) in [6, 6.07) is 0.215. The van der Waals surface area contributed by atoms with Crippen LogP contribution in [-0.2, 0) is 0 Å². The van der Waals surface area contributed by atoms with Gasteiger partial charge < -0.3 is 15.7 Å². The third-order valence-electron chi connectivity index (χ3n) is 3.06. The normalized spacial score (nSPS) is 12.6. The molecule has 0 aliphatic rings. The highest BCUT2D eigenvalue weighted by Gasteiger charge is 2.16. The Balaban J connectivity index is 2.98. The minimum Gasteiger partial charge on any atom is -0.396 e. The number of aliphatic hydroxyl groups excluding tert-OH is 1. The fourth-order valence-corrected chi connectivity index (χ4v) is 1.90. The first-order chi connectivity index (χ1) is 8.49. The van der Waals surface area contributed by atoms with Crippen LogP contribution >= 0.6 is 0 Å². The van der Waals surface area contributed by atoms with Crippen LogP contribution in [0, 0.1) is 19.8 Å². The second kappa shape index (κ2) is 6.54. The number of nitrogens with one attached hydrogen (secondary N) is 2. The highest BCUT2D eigenvalue weighted by Crippen LogP contribution is 2.22. The van der Waals surface area contributed by atoms with Gasteiger partial charge in [-0.05, 0) is 26.2 Å². The molecular formula is C13H24N4O. The van der Waals surface area contributed by atoms with Crippen LogP contribution in [0.4, 0.5) is 11.6 Å². The van der Waals surface area contributed by atoms with Crippen LogP contribution in [0.25, 0.3) is 0 Å². The van der Waals surface area contributed by atoms with Crippen molar-refractivity contribution in [3.63, 3.8) is 0 Å². The number of aromatic nitrogens is 2. The Kier molecular flexibility index (Phi) is 5.34. The van der Waals surface area contributed by atoms with Crippen molar-refractivity contribution in [3.8, 4) is 0 Å². The lowest BCUT2D eigenvalue weighted by Crippen LogP contribution is -2.28. The quantitative estimate of drug-likeness (QED) is 0.722. The summed E-state index contributed by atoms with van der Waals surface area (Å²) in [6.07, 6.45) is 0.717. The summed E-state index contributed by atoms with van der Waals surface area (Å²) in [4.78, 5) is 8.78. The van der Waals surface area contributed by atoms with E-state index in [-0.39, 0.29) is 12.6 Å². The van der Waals surface area contributed by atoms with E-state index in [0.717, 1.165) is 29.4 Å². The first-order valence-corrected chi connectivity index (χ1v) is 6.40. The Morgan fingerprint density at radius 3 is 2.28 bits per heavy atom. The molecule has 1 heterocycles. The van der Waals surface area contributed by atoms with E-state index >= 15 is 0 Å². The van der Waals surface area contributed by atoms with Crippen molar-refractivity contribution in [1.29, 1.82) is 0 Å². The number of rotatable bonds is 6. The maximum Gasteiger partial charge on any atom is 0.134 e. The van der Waals surface area contributed by atoms with Gasteiger partial charge in [0.15, 0.2) is 0 Å². The molecular weight excluding hydrogens is 228 g/mol. The lowest BCUT2D eigenvalue weighted by molar-refractivity contribution is 0.267. The summed E-state index contributed by atoms with van der Waals surface area (Å²) < 4.78 is 0. The topological polar surface area (TPSA) is 70.1 Å². The Bertz CT molecular complexity index is 393. The summed E-state index contributed by atoms with van der Waals surface area (Å²) in [7, 11) is 1.85. The second-order valence-electron chi connectivity index (χ2n) is 4.85. The van der Waals surface area contributed by atoms with Crippen LogP contribution < -0.4 is 10.6 Å². The molecule has 1 unspecified atom stereocenters. The number of aryl methyl sites for hydroxylation is 1. The monoisotopic (exact) mass is 252 g/mol. The van der Waals surface area contributed by atoms with E-state index in [2.05, 4.69) is 34.4 Å². The van der Waals surface area contributed by atoms with Gasteiger partial charge in [-0.25, -0.2) is 9.97 Å². The van der Waals surface area contributed by atoms with Crippen LogP contribution in [0.15, 0.2) is 0 Å². The fraction of sp³-hybridized carbons (Fsp3) is 0.692. The number of anilines is 2. The zero-order chi connectivity index (χ0) is 13.7. The van der Waals surface area contributed by atoms with Crippen LogP contribution in [0.3, 0.4) is 0 Å². The summed E-state index contributed by atoms with van der Waals surface area (Å²) in [6.45, 7) is 8.31. The first kappa shape index (κ1) is 14.7. The predicted molar refractivity (Wildman–Crippen MR) is 75.0 cm³/mol. The zero-order valence-corrected chi connectivity index (χ0v) is 11.9. The molecule has 0 fully saturated rings. The lowest BCUT2D eigenvalue weighted by atomic mass is 10.0. The molecule has 0 aliphatic carbocycles. The Morgan fingerprint density at radius 1 is 1.17 bits per heavy atom. The molecule has 0 saturated carbocycles. The van der Waals surface area contributed by atoms with Crippen molar-refractivity contribution in [2.75, 3.05) is 24.3 Å². The average Bonchev–Trinajstić information content (AvgIpc) is 2.32. The van der Waals surface area contributed by atoms with Gasteiger partial charge >= 0.3 is 0 Å². The van der Waals surface area contributed by atoms with E-state index in [1.54, 1.807) is 0 Å². The Hall–Kier alpha value is -1.36. The second-order valence-corrected chi connectivity index (χ2v) is 4.85. The molecule has 1 aromatic rings. The van der Waals surface area contributed by atoms with Gasteiger partial charge in [0.2, 0.25) is 0 Å². The smallest absolute Gasteiger partial charge is 0.134 e. The molecule has 1 rings (SSSR count). The van der Waals surface area contributed by atoms with Gasteiger partial charge in [0, 0.05) is 25.3 Å². The molecule has 0 aromatic carbocycles. The van der Waals surface area contributed by atoms with Gasteiger partial charge in [0.1, 0.15) is 17.5 Å². The minimum absolute atomic E-state index is 0.178. The van der Waals surface area contributed by atoms with Gasteiger partial charge in [0.25, 0.3) is 0 Å². The molecule has 0 saturated heterocycles. The van der Waals surface area contributed by atoms with Crippen molar-refractivity contribution >= 4 is 11.6 Å². The van der Waals surface area contributed by atoms with Crippen LogP contribution in [0.1, 0.15) is 31.7 Å².